The van der Waals surface area contributed by atoms with E-state index < -0.39 is 0 Å². The van der Waals surface area contributed by atoms with Gasteiger partial charge in [-0.3, -0.25) is 4.79 Å². The van der Waals surface area contributed by atoms with Gasteiger partial charge in [-0.25, -0.2) is 0 Å². The molecule has 0 saturated heterocycles. The normalized spacial score (nSPS) is 12.2. The summed E-state index contributed by atoms with van der Waals surface area (Å²) in [4.78, 5) is 14.2. The minimum absolute atomic E-state index is 0.0738. The zero-order valence-electron chi connectivity index (χ0n) is 14.0. The van der Waals surface area contributed by atoms with Crippen molar-refractivity contribution in [3.63, 3.8) is 0 Å². The fourth-order valence-corrected chi connectivity index (χ4v) is 2.05. The number of nitrogens with zero attached hydrogens (tertiary/aromatic N) is 1. The van der Waals surface area contributed by atoms with Gasteiger partial charge in [0.1, 0.15) is 12.4 Å². The maximum absolute atomic E-state index is 11.9. The summed E-state index contributed by atoms with van der Waals surface area (Å²) in [5.41, 5.74) is 6.29. The molecule has 0 heterocycles. The van der Waals surface area contributed by atoms with Gasteiger partial charge in [0, 0.05) is 24.7 Å². The first-order valence-electron chi connectivity index (χ1n) is 8.05. The second-order valence-corrected chi connectivity index (χ2v) is 5.42. The number of ether oxygens (including phenoxy) is 1. The van der Waals surface area contributed by atoms with Crippen molar-refractivity contribution in [3.05, 3.63) is 29.8 Å². The van der Waals surface area contributed by atoms with E-state index in [1.165, 1.54) is 0 Å². The molecule has 1 unspecified atom stereocenters. The van der Waals surface area contributed by atoms with E-state index >= 15 is 0 Å². The highest BCUT2D eigenvalue weighted by molar-refractivity contribution is 5.94. The van der Waals surface area contributed by atoms with Crippen LogP contribution in [0.4, 0.5) is 0 Å². The summed E-state index contributed by atoms with van der Waals surface area (Å²) in [6.45, 7) is 10.4. The Morgan fingerprint density at radius 1 is 1.27 bits per heavy atom. The lowest BCUT2D eigenvalue weighted by atomic mass is 10.2. The predicted octanol–water partition coefficient (Wildman–Crippen LogP) is 1.87. The third kappa shape index (κ3) is 6.91. The monoisotopic (exact) mass is 307 g/mol. The molecule has 0 aliphatic carbocycles. The van der Waals surface area contributed by atoms with Crippen molar-refractivity contribution in [1.82, 2.24) is 10.2 Å². The minimum Gasteiger partial charge on any atom is -0.492 e. The van der Waals surface area contributed by atoms with Crippen LogP contribution in [0, 0.1) is 0 Å². The summed E-state index contributed by atoms with van der Waals surface area (Å²) in [7, 11) is 0. The van der Waals surface area contributed by atoms with Crippen LogP contribution in [0.3, 0.4) is 0 Å². The van der Waals surface area contributed by atoms with Crippen LogP contribution in [0.25, 0.3) is 0 Å². The third-order valence-electron chi connectivity index (χ3n) is 3.57. The molecule has 1 rings (SSSR count). The van der Waals surface area contributed by atoms with E-state index in [4.69, 9.17) is 10.5 Å². The molecule has 1 atom stereocenters. The summed E-state index contributed by atoms with van der Waals surface area (Å²) >= 11 is 0. The topological polar surface area (TPSA) is 67.6 Å². The molecule has 0 aliphatic rings. The Labute approximate surface area is 133 Å². The Morgan fingerprint density at radius 3 is 2.45 bits per heavy atom. The average Bonchev–Trinajstić information content (AvgIpc) is 2.51. The van der Waals surface area contributed by atoms with E-state index in [1.54, 1.807) is 12.1 Å². The van der Waals surface area contributed by atoms with Gasteiger partial charge >= 0.3 is 0 Å². The highest BCUT2D eigenvalue weighted by Crippen LogP contribution is 2.12. The average molecular weight is 307 g/mol. The van der Waals surface area contributed by atoms with Crippen molar-refractivity contribution < 1.29 is 9.53 Å². The molecule has 3 N–H and O–H groups in total. The first kappa shape index (κ1) is 18.5. The summed E-state index contributed by atoms with van der Waals surface area (Å²) in [5.74, 6) is 0.717. The molecule has 0 spiro atoms. The van der Waals surface area contributed by atoms with Crippen molar-refractivity contribution in [3.8, 4) is 5.75 Å². The van der Waals surface area contributed by atoms with Crippen molar-refractivity contribution in [2.75, 3.05) is 32.8 Å². The number of benzene rings is 1. The molecule has 0 aliphatic heterocycles. The van der Waals surface area contributed by atoms with E-state index in [1.807, 2.05) is 19.1 Å². The lowest BCUT2D eigenvalue weighted by molar-refractivity contribution is 0.0952. The van der Waals surface area contributed by atoms with E-state index in [0.717, 1.165) is 31.8 Å². The summed E-state index contributed by atoms with van der Waals surface area (Å²) in [6, 6.07) is 7.34. The number of likely N-dealkylation sites (N-methyl/N-ethyl adjacent to an activating group) is 1. The lowest BCUT2D eigenvalue weighted by Crippen LogP contribution is -2.29. The molecule has 22 heavy (non-hydrogen) atoms. The van der Waals surface area contributed by atoms with Gasteiger partial charge in [-0.2, -0.15) is 0 Å². The SMILES string of the molecule is CCN(CC)CCOc1ccc(C(=O)NCCC(C)N)cc1. The number of hydrogen-bond donors (Lipinski definition) is 2. The molecule has 0 bridgehead atoms. The van der Waals surface area contributed by atoms with Crippen LogP contribution < -0.4 is 15.8 Å². The van der Waals surface area contributed by atoms with E-state index in [2.05, 4.69) is 24.1 Å². The van der Waals surface area contributed by atoms with Gasteiger partial charge in [0.25, 0.3) is 5.91 Å². The molecule has 0 fully saturated rings. The number of hydrogen-bond acceptors (Lipinski definition) is 4. The van der Waals surface area contributed by atoms with Crippen molar-refractivity contribution >= 4 is 5.91 Å². The maximum Gasteiger partial charge on any atom is 0.251 e. The van der Waals surface area contributed by atoms with Gasteiger partial charge in [-0.05, 0) is 50.7 Å². The predicted molar refractivity (Wildman–Crippen MR) is 90.3 cm³/mol. The number of carbonyl (C=O) groups is 1. The fraction of sp³-hybridized carbons (Fsp3) is 0.588. The number of rotatable bonds is 10. The third-order valence-corrected chi connectivity index (χ3v) is 3.57. The van der Waals surface area contributed by atoms with Gasteiger partial charge < -0.3 is 20.7 Å². The number of amides is 1. The van der Waals surface area contributed by atoms with Crippen LogP contribution in [0.15, 0.2) is 24.3 Å². The Morgan fingerprint density at radius 2 is 1.91 bits per heavy atom. The molecule has 124 valence electrons. The molecule has 0 radical (unpaired) electrons. The molecule has 1 aromatic rings. The number of nitrogens with two attached hydrogens (primary N) is 1. The van der Waals surface area contributed by atoms with Crippen LogP contribution in [0.1, 0.15) is 37.6 Å². The molecule has 0 saturated carbocycles. The van der Waals surface area contributed by atoms with Crippen molar-refractivity contribution in [2.24, 2.45) is 5.73 Å². The zero-order chi connectivity index (χ0) is 16.4. The van der Waals surface area contributed by atoms with Crippen LogP contribution >= 0.6 is 0 Å². The second-order valence-electron chi connectivity index (χ2n) is 5.42. The van der Waals surface area contributed by atoms with Gasteiger partial charge in [-0.1, -0.05) is 13.8 Å². The summed E-state index contributed by atoms with van der Waals surface area (Å²) in [6.07, 6.45) is 0.776. The maximum atomic E-state index is 11.9. The smallest absolute Gasteiger partial charge is 0.251 e. The molecular formula is C17H29N3O2. The molecule has 5 heteroatoms. The highest BCUT2D eigenvalue weighted by Gasteiger charge is 2.06. The fourth-order valence-electron chi connectivity index (χ4n) is 2.05. The molecular weight excluding hydrogens is 278 g/mol. The first-order valence-corrected chi connectivity index (χ1v) is 8.05. The standard InChI is InChI=1S/C17H29N3O2/c1-4-20(5-2)12-13-22-16-8-6-15(7-9-16)17(21)19-11-10-14(3)18/h6-9,14H,4-5,10-13,18H2,1-3H3,(H,19,21). The molecule has 1 aromatic carbocycles. The van der Waals surface area contributed by atoms with Crippen molar-refractivity contribution in [2.45, 2.75) is 33.2 Å². The van der Waals surface area contributed by atoms with E-state index in [0.29, 0.717) is 18.7 Å². The summed E-state index contributed by atoms with van der Waals surface area (Å²) in [5, 5.41) is 2.86. The van der Waals surface area contributed by atoms with E-state index in [-0.39, 0.29) is 11.9 Å². The number of carbonyl (C=O) groups excluding carboxylic acids is 1. The minimum atomic E-state index is -0.0738. The Bertz CT molecular complexity index is 428. The highest BCUT2D eigenvalue weighted by atomic mass is 16.5. The van der Waals surface area contributed by atoms with Crippen LogP contribution in [-0.4, -0.2) is 49.6 Å². The van der Waals surface area contributed by atoms with E-state index in [9.17, 15) is 4.79 Å². The Balaban J connectivity index is 2.37. The molecule has 1 amide bonds. The number of nitrogens with one attached hydrogen (secondary N) is 1. The van der Waals surface area contributed by atoms with Gasteiger partial charge in [0.05, 0.1) is 0 Å². The molecule has 5 nitrogen and oxygen atoms in total. The van der Waals surface area contributed by atoms with Gasteiger partial charge in [0.2, 0.25) is 0 Å². The Hall–Kier alpha value is -1.59. The van der Waals surface area contributed by atoms with Crippen LogP contribution in [-0.2, 0) is 0 Å². The Kier molecular flexibility index (Phi) is 8.55. The van der Waals surface area contributed by atoms with Crippen molar-refractivity contribution in [1.29, 1.82) is 0 Å². The van der Waals surface area contributed by atoms with Gasteiger partial charge in [-0.15, -0.1) is 0 Å². The van der Waals surface area contributed by atoms with Crippen LogP contribution in [0.5, 0.6) is 5.75 Å². The molecule has 0 aromatic heterocycles. The quantitative estimate of drug-likeness (QED) is 0.692. The summed E-state index contributed by atoms with van der Waals surface area (Å²) < 4.78 is 5.70. The van der Waals surface area contributed by atoms with Gasteiger partial charge in [0.15, 0.2) is 0 Å². The first-order chi connectivity index (χ1) is 10.6. The zero-order valence-corrected chi connectivity index (χ0v) is 14.0. The second kappa shape index (κ2) is 10.2. The van der Waals surface area contributed by atoms with Crippen LogP contribution in [0.2, 0.25) is 0 Å². The lowest BCUT2D eigenvalue weighted by Gasteiger charge is -2.18. The largest absolute Gasteiger partial charge is 0.492 e.